The Morgan fingerprint density at radius 1 is 1.17 bits per heavy atom. The molecule has 0 radical (unpaired) electrons. The molecule has 2 aliphatic rings. The topological polar surface area (TPSA) is 18.5 Å². The van der Waals surface area contributed by atoms with Gasteiger partial charge < -0.3 is 9.47 Å². The Morgan fingerprint density at radius 3 is 2.58 bits per heavy atom. The van der Waals surface area contributed by atoms with Crippen molar-refractivity contribution in [3.8, 4) is 0 Å². The first kappa shape index (κ1) is 8.97. The molecular weight excluding hydrogens is 220 g/mol. The molecule has 0 N–H and O–H groups in total. The van der Waals surface area contributed by atoms with Crippen LogP contribution in [0.2, 0.25) is 0 Å². The minimum Gasteiger partial charge on any atom is -0.381 e. The highest BCUT2D eigenvalue weighted by Crippen LogP contribution is 2.36. The Balaban J connectivity index is 1.97. The van der Waals surface area contributed by atoms with Gasteiger partial charge in [0.25, 0.3) is 0 Å². The van der Waals surface area contributed by atoms with E-state index in [2.05, 4.69) is 15.9 Å². The van der Waals surface area contributed by atoms with E-state index in [9.17, 15) is 0 Å². The van der Waals surface area contributed by atoms with Gasteiger partial charge in [-0.05, 0) is 25.7 Å². The van der Waals surface area contributed by atoms with E-state index in [-0.39, 0.29) is 5.60 Å². The predicted octanol–water partition coefficient (Wildman–Crippen LogP) is 2.11. The van der Waals surface area contributed by atoms with Gasteiger partial charge >= 0.3 is 0 Å². The number of halogens is 1. The molecule has 1 atom stereocenters. The van der Waals surface area contributed by atoms with Crippen molar-refractivity contribution in [2.24, 2.45) is 0 Å². The molecule has 0 amide bonds. The Hall–Kier alpha value is 0.400. The maximum atomic E-state index is 5.87. The third-order valence-electron chi connectivity index (χ3n) is 2.84. The molecule has 0 aliphatic carbocycles. The molecule has 2 rings (SSSR count). The second-order valence-corrected chi connectivity index (χ2v) is 5.03. The van der Waals surface area contributed by atoms with Gasteiger partial charge in [-0.25, -0.2) is 0 Å². The summed E-state index contributed by atoms with van der Waals surface area (Å²) < 4.78 is 11.2. The number of hydrogen-bond acceptors (Lipinski definition) is 2. The van der Waals surface area contributed by atoms with E-state index in [0.717, 1.165) is 45.5 Å². The van der Waals surface area contributed by atoms with E-state index in [1.807, 2.05) is 0 Å². The fourth-order valence-electron chi connectivity index (χ4n) is 2.06. The van der Waals surface area contributed by atoms with Gasteiger partial charge in [0.1, 0.15) is 0 Å². The highest BCUT2D eigenvalue weighted by molar-refractivity contribution is 9.09. The number of alkyl halides is 1. The SMILES string of the molecule is BrC1CCOC2(CCOCC2)C1. The van der Waals surface area contributed by atoms with Crippen LogP contribution in [-0.2, 0) is 9.47 Å². The van der Waals surface area contributed by atoms with Crippen molar-refractivity contribution < 1.29 is 9.47 Å². The lowest BCUT2D eigenvalue weighted by atomic mass is 9.86. The van der Waals surface area contributed by atoms with Gasteiger partial charge in [0.15, 0.2) is 0 Å². The second kappa shape index (κ2) is 3.64. The van der Waals surface area contributed by atoms with Gasteiger partial charge in [-0.2, -0.15) is 0 Å². The third-order valence-corrected chi connectivity index (χ3v) is 3.62. The average Bonchev–Trinajstić information content (AvgIpc) is 2.05. The zero-order chi connectivity index (χ0) is 8.44. The van der Waals surface area contributed by atoms with Gasteiger partial charge in [-0.1, -0.05) is 15.9 Å². The first-order chi connectivity index (χ1) is 5.81. The van der Waals surface area contributed by atoms with Crippen LogP contribution in [-0.4, -0.2) is 30.2 Å². The van der Waals surface area contributed by atoms with Gasteiger partial charge in [0.05, 0.1) is 5.60 Å². The Morgan fingerprint density at radius 2 is 1.92 bits per heavy atom. The van der Waals surface area contributed by atoms with E-state index in [4.69, 9.17) is 9.47 Å². The maximum absolute atomic E-state index is 5.87. The molecular formula is C9H15BrO2. The molecule has 3 heteroatoms. The highest BCUT2D eigenvalue weighted by atomic mass is 79.9. The van der Waals surface area contributed by atoms with Gasteiger partial charge in [0.2, 0.25) is 0 Å². The molecule has 0 aromatic heterocycles. The van der Waals surface area contributed by atoms with Crippen molar-refractivity contribution in [2.75, 3.05) is 19.8 Å². The van der Waals surface area contributed by atoms with Crippen LogP contribution in [0, 0.1) is 0 Å². The smallest absolute Gasteiger partial charge is 0.0737 e. The minimum absolute atomic E-state index is 0.157. The number of ether oxygens (including phenoxy) is 2. The summed E-state index contributed by atoms with van der Waals surface area (Å²) in [6.45, 7) is 2.66. The predicted molar refractivity (Wildman–Crippen MR) is 50.7 cm³/mol. The third kappa shape index (κ3) is 1.83. The van der Waals surface area contributed by atoms with Crippen LogP contribution < -0.4 is 0 Å². The first-order valence-electron chi connectivity index (χ1n) is 4.67. The summed E-state index contributed by atoms with van der Waals surface area (Å²) in [6, 6.07) is 0. The Kier molecular flexibility index (Phi) is 2.72. The van der Waals surface area contributed by atoms with Crippen LogP contribution in [0.25, 0.3) is 0 Å². The molecule has 1 unspecified atom stereocenters. The fourth-order valence-corrected chi connectivity index (χ4v) is 2.84. The fraction of sp³-hybridized carbons (Fsp3) is 1.00. The molecule has 2 saturated heterocycles. The Labute approximate surface area is 81.7 Å². The lowest BCUT2D eigenvalue weighted by Crippen LogP contribution is -2.44. The zero-order valence-electron chi connectivity index (χ0n) is 7.22. The molecule has 0 aromatic rings. The van der Waals surface area contributed by atoms with Gasteiger partial charge in [0, 0.05) is 24.6 Å². The molecule has 0 aromatic carbocycles. The van der Waals surface area contributed by atoms with Crippen LogP contribution >= 0.6 is 15.9 Å². The van der Waals surface area contributed by atoms with Crippen LogP contribution in [0.4, 0.5) is 0 Å². The zero-order valence-corrected chi connectivity index (χ0v) is 8.81. The number of rotatable bonds is 0. The van der Waals surface area contributed by atoms with Crippen LogP contribution in [0.5, 0.6) is 0 Å². The molecule has 1 spiro atoms. The minimum atomic E-state index is 0.157. The molecule has 12 heavy (non-hydrogen) atoms. The first-order valence-corrected chi connectivity index (χ1v) is 5.58. The van der Waals surface area contributed by atoms with E-state index in [1.54, 1.807) is 0 Å². The lowest BCUT2D eigenvalue weighted by molar-refractivity contribution is -0.130. The van der Waals surface area contributed by atoms with Gasteiger partial charge in [-0.3, -0.25) is 0 Å². The molecule has 2 nitrogen and oxygen atoms in total. The summed E-state index contributed by atoms with van der Waals surface area (Å²) in [5.41, 5.74) is 0.157. The summed E-state index contributed by atoms with van der Waals surface area (Å²) in [5, 5.41) is 0. The molecule has 2 aliphatic heterocycles. The van der Waals surface area contributed by atoms with Crippen molar-refractivity contribution in [1.82, 2.24) is 0 Å². The second-order valence-electron chi connectivity index (χ2n) is 3.73. The van der Waals surface area contributed by atoms with E-state index in [0.29, 0.717) is 4.83 Å². The standard InChI is InChI=1S/C9H15BrO2/c10-8-1-4-12-9(7-8)2-5-11-6-3-9/h8H,1-7H2. The van der Waals surface area contributed by atoms with E-state index >= 15 is 0 Å². The monoisotopic (exact) mass is 234 g/mol. The normalized spacial score (nSPS) is 35.2. The number of hydrogen-bond donors (Lipinski definition) is 0. The molecule has 2 fully saturated rings. The average molecular weight is 235 g/mol. The molecule has 2 heterocycles. The van der Waals surface area contributed by atoms with Crippen LogP contribution in [0.1, 0.15) is 25.7 Å². The summed E-state index contributed by atoms with van der Waals surface area (Å²) >= 11 is 3.68. The summed E-state index contributed by atoms with van der Waals surface area (Å²) in [5.74, 6) is 0. The van der Waals surface area contributed by atoms with Crippen molar-refractivity contribution in [3.63, 3.8) is 0 Å². The molecule has 0 saturated carbocycles. The van der Waals surface area contributed by atoms with Crippen LogP contribution in [0.15, 0.2) is 0 Å². The van der Waals surface area contributed by atoms with Crippen molar-refractivity contribution in [2.45, 2.75) is 36.1 Å². The molecule has 0 bridgehead atoms. The summed E-state index contributed by atoms with van der Waals surface area (Å²) in [6.07, 6.45) is 4.48. The van der Waals surface area contributed by atoms with Crippen LogP contribution in [0.3, 0.4) is 0 Å². The van der Waals surface area contributed by atoms with Crippen molar-refractivity contribution in [1.29, 1.82) is 0 Å². The van der Waals surface area contributed by atoms with E-state index < -0.39 is 0 Å². The van der Waals surface area contributed by atoms with Crippen molar-refractivity contribution in [3.05, 3.63) is 0 Å². The maximum Gasteiger partial charge on any atom is 0.0737 e. The van der Waals surface area contributed by atoms with Gasteiger partial charge in [-0.15, -0.1) is 0 Å². The lowest BCUT2D eigenvalue weighted by Gasteiger charge is -2.41. The largest absolute Gasteiger partial charge is 0.381 e. The van der Waals surface area contributed by atoms with E-state index in [1.165, 1.54) is 0 Å². The molecule has 70 valence electrons. The summed E-state index contributed by atoms with van der Waals surface area (Å²) in [4.78, 5) is 0.657. The van der Waals surface area contributed by atoms with Crippen molar-refractivity contribution >= 4 is 15.9 Å². The quantitative estimate of drug-likeness (QED) is 0.598. The Bertz CT molecular complexity index is 149. The highest BCUT2D eigenvalue weighted by Gasteiger charge is 2.38. The summed E-state index contributed by atoms with van der Waals surface area (Å²) in [7, 11) is 0.